The van der Waals surface area contributed by atoms with E-state index in [0.717, 1.165) is 5.56 Å². The van der Waals surface area contributed by atoms with Crippen LogP contribution in [-0.2, 0) is 6.61 Å². The van der Waals surface area contributed by atoms with Crippen molar-refractivity contribution in [1.29, 1.82) is 0 Å². The number of carbonyl (C=O) groups excluding carboxylic acids is 1. The van der Waals surface area contributed by atoms with Crippen molar-refractivity contribution >= 4 is 11.6 Å². The fourth-order valence-corrected chi connectivity index (χ4v) is 2.96. The lowest BCUT2D eigenvalue weighted by Gasteiger charge is -2.17. The van der Waals surface area contributed by atoms with Crippen molar-refractivity contribution in [3.8, 4) is 5.75 Å². The van der Waals surface area contributed by atoms with Gasteiger partial charge in [-0.25, -0.2) is 0 Å². The molecule has 1 unspecified atom stereocenters. The number of ether oxygens (including phenoxy) is 1. The highest BCUT2D eigenvalue weighted by Gasteiger charge is 2.16. The SMILES string of the molecule is CCC(NC(=O)c1ccc(OCc2ccccc2)cc1)c1cccc([N+](=O)[O-])c1. The molecule has 0 heterocycles. The van der Waals surface area contributed by atoms with Gasteiger partial charge in [0.15, 0.2) is 0 Å². The lowest BCUT2D eigenvalue weighted by molar-refractivity contribution is -0.384. The molecule has 148 valence electrons. The summed E-state index contributed by atoms with van der Waals surface area (Å²) in [5.74, 6) is 0.439. The smallest absolute Gasteiger partial charge is 0.269 e. The minimum atomic E-state index is -0.438. The van der Waals surface area contributed by atoms with Crippen molar-refractivity contribution in [3.63, 3.8) is 0 Å². The number of nitrogens with zero attached hydrogens (tertiary/aromatic N) is 1. The molecule has 0 fully saturated rings. The molecule has 3 aromatic carbocycles. The van der Waals surface area contributed by atoms with Crippen LogP contribution < -0.4 is 10.1 Å². The first kappa shape index (κ1) is 20.1. The lowest BCUT2D eigenvalue weighted by atomic mass is 10.0. The molecule has 1 N–H and O–H groups in total. The van der Waals surface area contributed by atoms with Crippen LogP contribution in [0.4, 0.5) is 5.69 Å². The summed E-state index contributed by atoms with van der Waals surface area (Å²) in [4.78, 5) is 23.2. The summed E-state index contributed by atoms with van der Waals surface area (Å²) in [5, 5.41) is 13.9. The summed E-state index contributed by atoms with van der Waals surface area (Å²) in [7, 11) is 0. The van der Waals surface area contributed by atoms with E-state index in [1.54, 1.807) is 36.4 Å². The first-order valence-electron chi connectivity index (χ1n) is 9.39. The minimum absolute atomic E-state index is 0.00937. The van der Waals surface area contributed by atoms with Crippen LogP contribution in [0.1, 0.15) is 40.9 Å². The number of rotatable bonds is 8. The number of carbonyl (C=O) groups is 1. The van der Waals surface area contributed by atoms with Crippen LogP contribution in [0.15, 0.2) is 78.9 Å². The Morgan fingerprint density at radius 3 is 2.41 bits per heavy atom. The quantitative estimate of drug-likeness (QED) is 0.431. The third-order valence-electron chi connectivity index (χ3n) is 4.56. The summed E-state index contributed by atoms with van der Waals surface area (Å²) in [5.41, 5.74) is 2.28. The van der Waals surface area contributed by atoms with E-state index in [2.05, 4.69) is 5.32 Å². The second-order valence-corrected chi connectivity index (χ2v) is 6.59. The molecule has 6 nitrogen and oxygen atoms in total. The zero-order valence-electron chi connectivity index (χ0n) is 16.1. The standard InChI is InChI=1S/C23H22N2O4/c1-2-22(19-9-6-10-20(15-19)25(27)28)24-23(26)18-11-13-21(14-12-18)29-16-17-7-4-3-5-8-17/h3-15,22H,2,16H2,1H3,(H,24,26). The van der Waals surface area contributed by atoms with Crippen molar-refractivity contribution in [2.45, 2.75) is 26.0 Å². The van der Waals surface area contributed by atoms with Crippen LogP contribution in [0.3, 0.4) is 0 Å². The van der Waals surface area contributed by atoms with Gasteiger partial charge in [0.2, 0.25) is 0 Å². The molecule has 3 aromatic rings. The van der Waals surface area contributed by atoms with Crippen LogP contribution in [0.2, 0.25) is 0 Å². The summed E-state index contributed by atoms with van der Waals surface area (Å²) >= 11 is 0. The Morgan fingerprint density at radius 1 is 1.03 bits per heavy atom. The van der Waals surface area contributed by atoms with Crippen molar-refractivity contribution in [2.75, 3.05) is 0 Å². The number of non-ortho nitro benzene ring substituents is 1. The molecule has 0 spiro atoms. The number of hydrogen-bond donors (Lipinski definition) is 1. The molecule has 0 saturated heterocycles. The molecule has 0 aromatic heterocycles. The molecule has 0 radical (unpaired) electrons. The molecule has 0 saturated carbocycles. The highest BCUT2D eigenvalue weighted by atomic mass is 16.6. The lowest BCUT2D eigenvalue weighted by Crippen LogP contribution is -2.28. The van der Waals surface area contributed by atoms with Gasteiger partial charge in [-0.15, -0.1) is 0 Å². The Bertz CT molecular complexity index is 972. The number of hydrogen-bond acceptors (Lipinski definition) is 4. The Hall–Kier alpha value is -3.67. The predicted molar refractivity (Wildman–Crippen MR) is 111 cm³/mol. The molecule has 3 rings (SSSR count). The first-order valence-corrected chi connectivity index (χ1v) is 9.39. The molecular weight excluding hydrogens is 368 g/mol. The van der Waals surface area contributed by atoms with Gasteiger partial charge in [0, 0.05) is 17.7 Å². The highest BCUT2D eigenvalue weighted by molar-refractivity contribution is 5.94. The normalized spacial score (nSPS) is 11.5. The molecule has 1 amide bonds. The molecule has 0 aliphatic heterocycles. The van der Waals surface area contributed by atoms with Gasteiger partial charge in [-0.2, -0.15) is 0 Å². The number of benzene rings is 3. The van der Waals surface area contributed by atoms with E-state index in [9.17, 15) is 14.9 Å². The minimum Gasteiger partial charge on any atom is -0.489 e. The van der Waals surface area contributed by atoms with E-state index >= 15 is 0 Å². The molecule has 1 atom stereocenters. The molecule has 0 aliphatic carbocycles. The predicted octanol–water partition coefficient (Wildman–Crippen LogP) is 5.05. The largest absolute Gasteiger partial charge is 0.489 e. The van der Waals surface area contributed by atoms with Crippen molar-refractivity contribution < 1.29 is 14.5 Å². The molecule has 0 bridgehead atoms. The maximum Gasteiger partial charge on any atom is 0.269 e. The second-order valence-electron chi connectivity index (χ2n) is 6.59. The monoisotopic (exact) mass is 390 g/mol. The summed E-state index contributed by atoms with van der Waals surface area (Å²) in [6.07, 6.45) is 0.616. The van der Waals surface area contributed by atoms with Gasteiger partial charge in [0.25, 0.3) is 11.6 Å². The van der Waals surface area contributed by atoms with E-state index in [0.29, 0.717) is 29.9 Å². The molecule has 29 heavy (non-hydrogen) atoms. The Balaban J connectivity index is 1.63. The van der Waals surface area contributed by atoms with Gasteiger partial charge < -0.3 is 10.1 Å². The summed E-state index contributed by atoms with van der Waals surface area (Å²) in [6, 6.07) is 22.8. The fraction of sp³-hybridized carbons (Fsp3) is 0.174. The van der Waals surface area contributed by atoms with Gasteiger partial charge in [-0.05, 0) is 41.8 Å². The molecule has 6 heteroatoms. The second kappa shape index (κ2) is 9.50. The maximum absolute atomic E-state index is 12.6. The van der Waals surface area contributed by atoms with Crippen molar-refractivity contribution in [2.24, 2.45) is 0 Å². The van der Waals surface area contributed by atoms with Crippen LogP contribution in [0.25, 0.3) is 0 Å². The van der Waals surface area contributed by atoms with Gasteiger partial charge in [0.05, 0.1) is 11.0 Å². The topological polar surface area (TPSA) is 81.5 Å². The first-order chi connectivity index (χ1) is 14.1. The third-order valence-corrected chi connectivity index (χ3v) is 4.56. The average Bonchev–Trinajstić information content (AvgIpc) is 2.77. The number of nitro benzene ring substituents is 1. The fourth-order valence-electron chi connectivity index (χ4n) is 2.96. The van der Waals surface area contributed by atoms with E-state index < -0.39 is 4.92 Å². The third kappa shape index (κ3) is 5.42. The van der Waals surface area contributed by atoms with Crippen LogP contribution in [-0.4, -0.2) is 10.8 Å². The van der Waals surface area contributed by atoms with Gasteiger partial charge in [-0.3, -0.25) is 14.9 Å². The summed E-state index contributed by atoms with van der Waals surface area (Å²) < 4.78 is 5.74. The Labute approximate surface area is 169 Å². The van der Waals surface area contributed by atoms with Gasteiger partial charge in [0.1, 0.15) is 12.4 Å². The number of nitro groups is 1. The van der Waals surface area contributed by atoms with E-state index in [1.165, 1.54) is 12.1 Å². The van der Waals surface area contributed by atoms with E-state index in [1.807, 2.05) is 37.3 Å². The molecule has 0 aliphatic rings. The van der Waals surface area contributed by atoms with E-state index in [-0.39, 0.29) is 17.6 Å². The van der Waals surface area contributed by atoms with Crippen molar-refractivity contribution in [3.05, 3.63) is 106 Å². The molecular formula is C23H22N2O4. The average molecular weight is 390 g/mol. The zero-order valence-corrected chi connectivity index (χ0v) is 16.1. The number of amides is 1. The van der Waals surface area contributed by atoms with Crippen molar-refractivity contribution in [1.82, 2.24) is 5.32 Å². The maximum atomic E-state index is 12.6. The van der Waals surface area contributed by atoms with Gasteiger partial charge >= 0.3 is 0 Å². The number of nitrogens with one attached hydrogen (secondary N) is 1. The van der Waals surface area contributed by atoms with Crippen LogP contribution >= 0.6 is 0 Å². The Kier molecular flexibility index (Phi) is 6.58. The van der Waals surface area contributed by atoms with Crippen LogP contribution in [0, 0.1) is 10.1 Å². The Morgan fingerprint density at radius 2 is 1.76 bits per heavy atom. The van der Waals surface area contributed by atoms with E-state index in [4.69, 9.17) is 4.74 Å². The zero-order chi connectivity index (χ0) is 20.6. The van der Waals surface area contributed by atoms with Gasteiger partial charge in [-0.1, -0.05) is 49.4 Å². The van der Waals surface area contributed by atoms with Crippen LogP contribution in [0.5, 0.6) is 5.75 Å². The summed E-state index contributed by atoms with van der Waals surface area (Å²) in [6.45, 7) is 2.38. The highest BCUT2D eigenvalue weighted by Crippen LogP contribution is 2.22.